The van der Waals surface area contributed by atoms with Gasteiger partial charge in [-0.25, -0.2) is 4.79 Å². The van der Waals surface area contributed by atoms with Crippen molar-refractivity contribution in [1.29, 1.82) is 0 Å². The van der Waals surface area contributed by atoms with E-state index in [9.17, 15) is 33.6 Å². The summed E-state index contributed by atoms with van der Waals surface area (Å²) in [7, 11) is 8.77. The molecule has 20 nitrogen and oxygen atoms in total. The fourth-order valence-electron chi connectivity index (χ4n) is 7.24. The Hall–Kier alpha value is -8.72. The molecule has 2 N–H and O–H groups in total. The second kappa shape index (κ2) is 47.0. The Morgan fingerprint density at radius 3 is 1.40 bits per heavy atom. The molecule has 5 aromatic rings. The van der Waals surface area contributed by atoms with Gasteiger partial charge in [-0.05, 0) is 66.3 Å². The molecule has 6 rings (SSSR count). The van der Waals surface area contributed by atoms with Crippen molar-refractivity contribution in [2.75, 3.05) is 56.4 Å². The monoisotopic (exact) mass is 1150 g/mol. The van der Waals surface area contributed by atoms with Crippen molar-refractivity contribution in [3.63, 3.8) is 0 Å². The average Bonchev–Trinajstić information content (AvgIpc) is 3.68. The number of nitrogens with zero attached hydrogens (tertiary/aromatic N) is 1. The van der Waals surface area contributed by atoms with Crippen LogP contribution in [-0.4, -0.2) is 128 Å². The number of rotatable bonds is 19. The van der Waals surface area contributed by atoms with Crippen LogP contribution in [0.15, 0.2) is 171 Å². The normalized spacial score (nSPS) is 12.9. The SMILES string of the molecule is C=CC(c1ccccc1)C(C(=O)OC)C(=O)OC.COC(=O)C(C/C=C/c1ccccc1)C(=O)OC.COC(=O)OC/C=C/c1ccccc1.CO[C-]=O.CO[C-]=O.O=C(NC1CCCCC1NC(=O)c1ccccn1)c1ccccc1.[Na+]. The molecule has 1 aliphatic carbocycles. The number of hydrogen-bond acceptors (Lipinski definition) is 18. The summed E-state index contributed by atoms with van der Waals surface area (Å²) in [6, 6.07) is 42.8. The number of pyridine rings is 1. The number of aromatic nitrogens is 1. The van der Waals surface area contributed by atoms with Crippen LogP contribution in [0, 0.1) is 11.8 Å². The Bertz CT molecular complexity index is 2600. The van der Waals surface area contributed by atoms with Gasteiger partial charge < -0.3 is 58.1 Å². The summed E-state index contributed by atoms with van der Waals surface area (Å²) in [5, 5.41) is 6.09. The summed E-state index contributed by atoms with van der Waals surface area (Å²) in [6.07, 6.45) is 13.8. The van der Waals surface area contributed by atoms with Crippen LogP contribution in [0.3, 0.4) is 0 Å². The van der Waals surface area contributed by atoms with Crippen molar-refractivity contribution < 1.29 is 111 Å². The number of esters is 4. The van der Waals surface area contributed by atoms with Crippen molar-refractivity contribution in [2.45, 2.75) is 50.1 Å². The Labute approximate surface area is 507 Å². The number of nitrogens with one attached hydrogen (secondary N) is 2. The van der Waals surface area contributed by atoms with Crippen LogP contribution in [0.2, 0.25) is 0 Å². The van der Waals surface area contributed by atoms with Crippen molar-refractivity contribution in [1.82, 2.24) is 15.6 Å². The van der Waals surface area contributed by atoms with Crippen molar-refractivity contribution in [2.24, 2.45) is 11.8 Å². The third-order valence-corrected chi connectivity index (χ3v) is 11.2. The van der Waals surface area contributed by atoms with Crippen LogP contribution in [0.5, 0.6) is 0 Å². The number of allylic oxidation sites excluding steroid dienone is 2. The second-order valence-corrected chi connectivity index (χ2v) is 16.5. The molecule has 1 aromatic heterocycles. The number of carbonyl (C=O) groups excluding carboxylic acids is 9. The summed E-state index contributed by atoms with van der Waals surface area (Å²) in [4.78, 5) is 103. The maximum absolute atomic E-state index is 12.4. The predicted molar refractivity (Wildman–Crippen MR) is 305 cm³/mol. The largest absolute Gasteiger partial charge is 1.00 e. The zero-order valence-corrected chi connectivity index (χ0v) is 50.0. The molecule has 1 aliphatic rings. The van der Waals surface area contributed by atoms with E-state index < -0.39 is 47.8 Å². The molecular formula is C62H71N3NaO17-. The molecule has 83 heavy (non-hydrogen) atoms. The molecule has 0 spiro atoms. The zero-order valence-electron chi connectivity index (χ0n) is 48.0. The Kier molecular flexibility index (Phi) is 42.0. The molecule has 1 heterocycles. The molecular weight excluding hydrogens is 1080 g/mol. The van der Waals surface area contributed by atoms with Gasteiger partial charge in [0.15, 0.2) is 11.8 Å². The number of methoxy groups -OCH3 is 7. The number of hydrogen-bond donors (Lipinski definition) is 2. The second-order valence-electron chi connectivity index (χ2n) is 16.5. The van der Waals surface area contributed by atoms with Gasteiger partial charge in [0.05, 0.1) is 35.5 Å². The Morgan fingerprint density at radius 2 is 0.988 bits per heavy atom. The van der Waals surface area contributed by atoms with Crippen LogP contribution in [-0.2, 0) is 66.7 Å². The van der Waals surface area contributed by atoms with E-state index in [1.165, 1.54) is 62.7 Å². The summed E-state index contributed by atoms with van der Waals surface area (Å²) in [5.41, 5.74) is 3.93. The summed E-state index contributed by atoms with van der Waals surface area (Å²) < 4.78 is 34.9. The minimum Gasteiger partial charge on any atom is -0.655 e. The van der Waals surface area contributed by atoms with Crippen LogP contribution < -0.4 is 40.2 Å². The van der Waals surface area contributed by atoms with Gasteiger partial charge in [-0.1, -0.05) is 165 Å². The van der Waals surface area contributed by atoms with E-state index in [0.717, 1.165) is 42.4 Å². The molecule has 0 bridgehead atoms. The van der Waals surface area contributed by atoms with Gasteiger partial charge in [-0.2, -0.15) is 0 Å². The Balaban J connectivity index is 0.00000104. The first-order chi connectivity index (χ1) is 39.7. The Morgan fingerprint density at radius 1 is 0.566 bits per heavy atom. The predicted octanol–water partition coefficient (Wildman–Crippen LogP) is 5.41. The molecule has 2 amide bonds. The minimum atomic E-state index is -1.03. The molecule has 0 aliphatic heterocycles. The molecule has 1 saturated carbocycles. The van der Waals surface area contributed by atoms with Crippen LogP contribution >= 0.6 is 0 Å². The van der Waals surface area contributed by atoms with Gasteiger partial charge in [0.1, 0.15) is 12.3 Å². The maximum atomic E-state index is 12.4. The zero-order chi connectivity index (χ0) is 60.8. The molecule has 21 heteroatoms. The maximum Gasteiger partial charge on any atom is 1.00 e. The molecule has 0 radical (unpaired) electrons. The molecule has 0 saturated heterocycles. The molecule has 4 aromatic carbocycles. The third-order valence-electron chi connectivity index (χ3n) is 11.2. The van der Waals surface area contributed by atoms with E-state index in [2.05, 4.69) is 60.1 Å². The standard InChI is InChI=1S/C19H21N3O2.2C14H16O4.C11H12O3.2C2H3O2.Na/c23-18(14-8-2-1-3-9-14)21-15-10-4-5-11-16(15)22-19(24)17-12-6-7-13-20-17;1-17-13(15)12(14(16)18-2)10-6-9-11-7-4-3-5-8-11;1-4-11(10-8-6-5-7-9-10)12(13(15)17-2)14(16)18-3;1-13-11(12)14-9-5-8-10-6-3-2-4-7-10;2*1-4-2-3;/h1-3,6-9,12-13,15-16H,4-5,10-11H2,(H,21,23)(H,22,24);3-9,12H,10H2,1-2H3;4-9,11-12H,1H2,2-3H3;2-8H,9H2,1H3;2*1H3;/q;;;;2*-1;+1/b;9-6+;;8-5+;;;. The first kappa shape index (κ1) is 74.3. The van der Waals surface area contributed by atoms with Gasteiger partial charge in [0.2, 0.25) is 0 Å². The third kappa shape index (κ3) is 31.2. The quantitative estimate of drug-likeness (QED) is 0.0261. The summed E-state index contributed by atoms with van der Waals surface area (Å²) in [5.74, 6) is -5.11. The van der Waals surface area contributed by atoms with Gasteiger partial charge in [-0.15, -0.1) is 6.58 Å². The molecule has 3 atom stereocenters. The average molecular weight is 1150 g/mol. The van der Waals surface area contributed by atoms with Crippen molar-refractivity contribution in [3.8, 4) is 0 Å². The van der Waals surface area contributed by atoms with Gasteiger partial charge in [-0.3, -0.25) is 33.8 Å². The van der Waals surface area contributed by atoms with E-state index in [4.69, 9.17) is 9.59 Å². The number of benzene rings is 4. The number of ether oxygens (including phenoxy) is 8. The smallest absolute Gasteiger partial charge is 0.655 e. The van der Waals surface area contributed by atoms with E-state index in [0.29, 0.717) is 11.3 Å². The van der Waals surface area contributed by atoms with E-state index in [1.807, 2.05) is 121 Å². The topological polar surface area (TPSA) is 264 Å². The van der Waals surface area contributed by atoms with Crippen molar-refractivity contribution >= 4 is 66.9 Å². The van der Waals surface area contributed by atoms with Gasteiger partial charge in [0, 0.05) is 44.0 Å². The molecule has 3 unspecified atom stereocenters. The van der Waals surface area contributed by atoms with Gasteiger partial charge in [0.25, 0.3) is 11.8 Å². The van der Waals surface area contributed by atoms with Gasteiger partial charge >= 0.3 is 59.6 Å². The van der Waals surface area contributed by atoms with E-state index in [-0.39, 0.29) is 66.5 Å². The summed E-state index contributed by atoms with van der Waals surface area (Å²) >= 11 is 0. The molecule has 1 fully saturated rings. The summed E-state index contributed by atoms with van der Waals surface area (Å²) in [6.45, 7) is 6.26. The van der Waals surface area contributed by atoms with Crippen molar-refractivity contribution in [3.05, 3.63) is 198 Å². The van der Waals surface area contributed by atoms with Crippen LogP contribution in [0.4, 0.5) is 4.79 Å². The van der Waals surface area contributed by atoms with Crippen LogP contribution in [0.25, 0.3) is 12.2 Å². The first-order valence-corrected chi connectivity index (χ1v) is 25.2. The molecule has 438 valence electrons. The number of amides is 2. The van der Waals surface area contributed by atoms with Crippen LogP contribution in [0.1, 0.15) is 75.6 Å². The fourth-order valence-corrected chi connectivity index (χ4v) is 7.24. The van der Waals surface area contributed by atoms with E-state index in [1.54, 1.807) is 54.8 Å². The fraction of sp³-hybridized carbons (Fsp3) is 0.290. The minimum absolute atomic E-state index is 0. The number of carbonyl (C=O) groups is 7. The first-order valence-electron chi connectivity index (χ1n) is 25.2. The van der Waals surface area contributed by atoms with E-state index >= 15 is 0 Å².